The van der Waals surface area contributed by atoms with Gasteiger partial charge < -0.3 is 14.2 Å². The highest BCUT2D eigenvalue weighted by Crippen LogP contribution is 2.13. The van der Waals surface area contributed by atoms with Crippen LogP contribution in [0, 0.1) is 0 Å². The highest BCUT2D eigenvalue weighted by atomic mass is 16.6. The highest BCUT2D eigenvalue weighted by molar-refractivity contribution is 5.81. The Morgan fingerprint density at radius 3 is 2.79 bits per heavy atom. The molecule has 1 amide bonds. The van der Waals surface area contributed by atoms with Gasteiger partial charge in [-0.2, -0.15) is 0 Å². The summed E-state index contributed by atoms with van der Waals surface area (Å²) in [5, 5.41) is 0. The first-order valence-corrected chi connectivity index (χ1v) is 5.85. The van der Waals surface area contributed by atoms with Crippen molar-refractivity contribution in [3.8, 4) is 0 Å². The van der Waals surface area contributed by atoms with Gasteiger partial charge in [0.25, 0.3) is 0 Å². The molecule has 1 aliphatic heterocycles. The summed E-state index contributed by atoms with van der Waals surface area (Å²) in [6.45, 7) is 0.324. The zero-order chi connectivity index (χ0) is 13.7. The molecule has 102 valence electrons. The number of hydrogen-bond donors (Lipinski definition) is 0. The van der Waals surface area contributed by atoms with E-state index in [0.717, 1.165) is 5.56 Å². The van der Waals surface area contributed by atoms with Gasteiger partial charge in [0.05, 0.1) is 13.7 Å². The molecule has 0 aromatic heterocycles. The third-order valence-corrected chi connectivity index (χ3v) is 2.80. The number of rotatable bonds is 3. The molecule has 1 aromatic carbocycles. The maximum Gasteiger partial charge on any atom is 0.412 e. The van der Waals surface area contributed by atoms with E-state index < -0.39 is 18.1 Å². The first kappa shape index (κ1) is 13.4. The van der Waals surface area contributed by atoms with E-state index in [2.05, 4.69) is 4.74 Å². The van der Waals surface area contributed by atoms with Crippen LogP contribution in [0.15, 0.2) is 30.3 Å². The van der Waals surface area contributed by atoms with Gasteiger partial charge in [0.2, 0.25) is 0 Å². The molecule has 1 fully saturated rings. The maximum absolute atomic E-state index is 11.9. The lowest BCUT2D eigenvalue weighted by molar-refractivity contribution is -0.145. The Morgan fingerprint density at radius 1 is 1.37 bits per heavy atom. The van der Waals surface area contributed by atoms with Crippen molar-refractivity contribution < 1.29 is 23.8 Å². The van der Waals surface area contributed by atoms with Crippen LogP contribution in [0.3, 0.4) is 0 Å². The number of esters is 1. The number of nitrogens with zero attached hydrogens (tertiary/aromatic N) is 1. The minimum absolute atomic E-state index is 0.0351. The van der Waals surface area contributed by atoms with Crippen LogP contribution in [-0.4, -0.2) is 43.5 Å². The second kappa shape index (κ2) is 6.19. The molecule has 1 heterocycles. The summed E-state index contributed by atoms with van der Waals surface area (Å²) in [7, 11) is 1.27. The van der Waals surface area contributed by atoms with Crippen LogP contribution in [0.2, 0.25) is 0 Å². The topological polar surface area (TPSA) is 65.1 Å². The fraction of sp³-hybridized carbons (Fsp3) is 0.385. The lowest BCUT2D eigenvalue weighted by Crippen LogP contribution is -2.42. The highest BCUT2D eigenvalue weighted by Gasteiger charge is 2.36. The molecule has 2 rings (SSSR count). The molecule has 1 aliphatic rings. The molecule has 0 saturated carbocycles. The quantitative estimate of drug-likeness (QED) is 0.767. The van der Waals surface area contributed by atoms with Gasteiger partial charge in [-0.3, -0.25) is 4.90 Å². The molecule has 0 radical (unpaired) electrons. The van der Waals surface area contributed by atoms with E-state index >= 15 is 0 Å². The van der Waals surface area contributed by atoms with Crippen molar-refractivity contribution in [3.05, 3.63) is 35.9 Å². The van der Waals surface area contributed by atoms with Crippen LogP contribution in [-0.2, 0) is 25.6 Å². The average molecular weight is 265 g/mol. The Hall–Kier alpha value is -2.08. The van der Waals surface area contributed by atoms with Crippen LogP contribution >= 0.6 is 0 Å². The normalized spacial score (nSPS) is 18.2. The Balaban J connectivity index is 1.90. The molecule has 0 spiro atoms. The average Bonchev–Trinajstić information content (AvgIpc) is 2.94. The number of ether oxygens (including phenoxy) is 3. The molecule has 6 nitrogen and oxygen atoms in total. The van der Waals surface area contributed by atoms with Gasteiger partial charge in [0.15, 0.2) is 6.04 Å². The van der Waals surface area contributed by atoms with Gasteiger partial charge in [-0.1, -0.05) is 30.3 Å². The zero-order valence-electron chi connectivity index (χ0n) is 10.6. The Bertz CT molecular complexity index is 448. The molecular formula is C13H15NO5. The van der Waals surface area contributed by atoms with Crippen LogP contribution in [0.1, 0.15) is 5.56 Å². The van der Waals surface area contributed by atoms with Gasteiger partial charge in [0.1, 0.15) is 13.3 Å². The first-order chi connectivity index (χ1) is 9.22. The molecule has 0 N–H and O–H groups in total. The molecule has 1 saturated heterocycles. The van der Waals surface area contributed by atoms with Gasteiger partial charge in [-0.15, -0.1) is 0 Å². The Labute approximate surface area is 110 Å². The van der Waals surface area contributed by atoms with Gasteiger partial charge in [-0.05, 0) is 5.56 Å². The summed E-state index contributed by atoms with van der Waals surface area (Å²) in [5.74, 6) is -0.505. The summed E-state index contributed by atoms with van der Waals surface area (Å²) >= 11 is 0. The number of methoxy groups -OCH3 is 1. The smallest absolute Gasteiger partial charge is 0.412 e. The number of carbonyl (C=O) groups is 2. The SMILES string of the molecule is COC(=O)C1COCN1C(=O)OCc1ccccc1. The molecule has 19 heavy (non-hydrogen) atoms. The van der Waals surface area contributed by atoms with E-state index in [4.69, 9.17) is 9.47 Å². The van der Waals surface area contributed by atoms with Crippen molar-refractivity contribution in [2.45, 2.75) is 12.6 Å². The predicted molar refractivity (Wildman–Crippen MR) is 65.1 cm³/mol. The van der Waals surface area contributed by atoms with Crippen molar-refractivity contribution >= 4 is 12.1 Å². The van der Waals surface area contributed by atoms with Crippen molar-refractivity contribution in [2.24, 2.45) is 0 Å². The lowest BCUT2D eigenvalue weighted by atomic mass is 10.2. The van der Waals surface area contributed by atoms with Gasteiger partial charge >= 0.3 is 12.1 Å². The van der Waals surface area contributed by atoms with Crippen LogP contribution in [0.4, 0.5) is 4.79 Å². The van der Waals surface area contributed by atoms with Crippen molar-refractivity contribution in [2.75, 3.05) is 20.4 Å². The lowest BCUT2D eigenvalue weighted by Gasteiger charge is -2.19. The molecule has 1 aromatic rings. The standard InChI is InChI=1S/C13H15NO5/c1-17-12(15)11-8-18-9-14(11)13(16)19-7-10-5-3-2-4-6-10/h2-6,11H,7-9H2,1H3. The van der Waals surface area contributed by atoms with Crippen LogP contribution in [0.25, 0.3) is 0 Å². The Morgan fingerprint density at radius 2 is 2.11 bits per heavy atom. The molecular weight excluding hydrogens is 250 g/mol. The van der Waals surface area contributed by atoms with Crippen molar-refractivity contribution in [1.82, 2.24) is 4.90 Å². The number of benzene rings is 1. The summed E-state index contributed by atoms with van der Waals surface area (Å²) in [4.78, 5) is 24.5. The number of hydrogen-bond acceptors (Lipinski definition) is 5. The first-order valence-electron chi connectivity index (χ1n) is 5.85. The second-order valence-electron chi connectivity index (χ2n) is 4.05. The molecule has 6 heteroatoms. The second-order valence-corrected chi connectivity index (χ2v) is 4.05. The van der Waals surface area contributed by atoms with Crippen LogP contribution < -0.4 is 0 Å². The van der Waals surface area contributed by atoms with Gasteiger partial charge in [-0.25, -0.2) is 9.59 Å². The summed E-state index contributed by atoms with van der Waals surface area (Å²) < 4.78 is 14.8. The maximum atomic E-state index is 11.9. The van der Waals surface area contributed by atoms with Gasteiger partial charge in [0, 0.05) is 0 Å². The van der Waals surface area contributed by atoms with E-state index in [1.54, 1.807) is 0 Å². The number of carbonyl (C=O) groups excluding carboxylic acids is 2. The van der Waals surface area contributed by atoms with E-state index in [-0.39, 0.29) is 19.9 Å². The fourth-order valence-electron chi connectivity index (χ4n) is 1.76. The number of amides is 1. The fourth-order valence-corrected chi connectivity index (χ4v) is 1.76. The largest absolute Gasteiger partial charge is 0.467 e. The third-order valence-electron chi connectivity index (χ3n) is 2.80. The minimum atomic E-state index is -0.728. The Kier molecular flexibility index (Phi) is 4.35. The van der Waals surface area contributed by atoms with E-state index in [9.17, 15) is 9.59 Å². The zero-order valence-corrected chi connectivity index (χ0v) is 10.6. The van der Waals surface area contributed by atoms with E-state index in [1.807, 2.05) is 30.3 Å². The molecule has 1 atom stereocenters. The molecule has 1 unspecified atom stereocenters. The van der Waals surface area contributed by atoms with Crippen molar-refractivity contribution in [3.63, 3.8) is 0 Å². The minimum Gasteiger partial charge on any atom is -0.467 e. The molecule has 0 aliphatic carbocycles. The summed E-state index contributed by atoms with van der Waals surface area (Å²) in [6, 6.07) is 8.58. The molecule has 0 bridgehead atoms. The summed E-state index contributed by atoms with van der Waals surface area (Å²) in [6.07, 6.45) is -0.586. The predicted octanol–water partition coefficient (Wildman–Crippen LogP) is 1.15. The third kappa shape index (κ3) is 3.23. The van der Waals surface area contributed by atoms with E-state index in [0.29, 0.717) is 0 Å². The van der Waals surface area contributed by atoms with Crippen LogP contribution in [0.5, 0.6) is 0 Å². The van der Waals surface area contributed by atoms with Crippen molar-refractivity contribution in [1.29, 1.82) is 0 Å². The summed E-state index contributed by atoms with van der Waals surface area (Å²) in [5.41, 5.74) is 0.880. The monoisotopic (exact) mass is 265 g/mol. The van der Waals surface area contributed by atoms with E-state index in [1.165, 1.54) is 12.0 Å².